The third-order valence-corrected chi connectivity index (χ3v) is 5.32. The fourth-order valence-electron chi connectivity index (χ4n) is 3.83. The molecule has 3 N–H and O–H groups in total. The van der Waals surface area contributed by atoms with E-state index in [1.165, 1.54) is 13.8 Å². The van der Waals surface area contributed by atoms with Gasteiger partial charge >= 0.3 is 5.97 Å². The van der Waals surface area contributed by atoms with Crippen molar-refractivity contribution in [3.05, 3.63) is 65.0 Å². The maximum Gasteiger partial charge on any atom is 0.335 e. The van der Waals surface area contributed by atoms with Gasteiger partial charge < -0.3 is 20.5 Å². The monoisotopic (exact) mass is 446 g/mol. The molecular formula is C24H31ClN2O4. The topological polar surface area (TPSA) is 92.9 Å². The van der Waals surface area contributed by atoms with Crippen molar-refractivity contribution < 1.29 is 19.4 Å². The van der Waals surface area contributed by atoms with Gasteiger partial charge in [0.1, 0.15) is 6.10 Å². The summed E-state index contributed by atoms with van der Waals surface area (Å²) >= 11 is 0. The number of carbonyl (C=O) groups excluding carboxylic acids is 1. The van der Waals surface area contributed by atoms with E-state index >= 15 is 0 Å². The summed E-state index contributed by atoms with van der Waals surface area (Å²) in [6.45, 7) is 8.33. The number of halogens is 1. The Bertz CT molecular complexity index is 932. The summed E-state index contributed by atoms with van der Waals surface area (Å²) in [5.74, 6) is -0.839. The van der Waals surface area contributed by atoms with Gasteiger partial charge in [0.25, 0.3) is 0 Å². The molecule has 31 heavy (non-hydrogen) atoms. The fourth-order valence-corrected chi connectivity index (χ4v) is 3.83. The second-order valence-corrected chi connectivity index (χ2v) is 8.67. The number of ketones is 1. The van der Waals surface area contributed by atoms with E-state index in [0.717, 1.165) is 34.5 Å². The van der Waals surface area contributed by atoms with Gasteiger partial charge in [0, 0.05) is 37.0 Å². The second kappa shape index (κ2) is 9.81. The Balaban J connectivity index is 0.00000341. The van der Waals surface area contributed by atoms with Crippen LogP contribution >= 0.6 is 12.4 Å². The molecule has 0 amide bonds. The van der Waals surface area contributed by atoms with Crippen molar-refractivity contribution >= 4 is 29.7 Å². The smallest absolute Gasteiger partial charge is 0.335 e. The number of rotatable bonds is 7. The lowest BCUT2D eigenvalue weighted by atomic mass is 9.81. The Morgan fingerprint density at radius 2 is 1.94 bits per heavy atom. The highest BCUT2D eigenvalue weighted by atomic mass is 35.5. The molecule has 1 aromatic rings. The molecule has 7 heteroatoms. The Morgan fingerprint density at radius 3 is 2.48 bits per heavy atom. The van der Waals surface area contributed by atoms with Crippen molar-refractivity contribution in [3.8, 4) is 0 Å². The van der Waals surface area contributed by atoms with Crippen LogP contribution in [0, 0.1) is 5.92 Å². The summed E-state index contributed by atoms with van der Waals surface area (Å²) in [6.07, 6.45) is 3.04. The molecule has 0 radical (unpaired) electrons. The highest BCUT2D eigenvalue weighted by Gasteiger charge is 2.38. The Kier molecular flexibility index (Phi) is 7.87. The SMILES string of the molecule is CC(C)CN1C=C2CC(=O)C(OC(C)(C)C(=O)O)C=C2C(c2ccccc2)=C1CN.Cl. The number of Topliss-reactive ketones (excluding diaryl/α,β-unsaturated/α-hetero) is 1. The van der Waals surface area contributed by atoms with Gasteiger partial charge in [0.2, 0.25) is 0 Å². The van der Waals surface area contributed by atoms with E-state index in [1.807, 2.05) is 36.5 Å². The highest BCUT2D eigenvalue weighted by Crippen LogP contribution is 2.41. The predicted octanol–water partition coefficient (Wildman–Crippen LogP) is 3.78. The molecule has 0 saturated carbocycles. The first-order valence-corrected chi connectivity index (χ1v) is 10.3. The molecular weight excluding hydrogens is 416 g/mol. The van der Waals surface area contributed by atoms with Crippen molar-refractivity contribution in [1.29, 1.82) is 0 Å². The van der Waals surface area contributed by atoms with Gasteiger partial charge in [0.05, 0.1) is 0 Å². The number of carbonyl (C=O) groups is 2. The largest absolute Gasteiger partial charge is 0.479 e. The summed E-state index contributed by atoms with van der Waals surface area (Å²) in [7, 11) is 0. The number of nitrogens with zero attached hydrogens (tertiary/aromatic N) is 1. The number of benzene rings is 1. The molecule has 168 valence electrons. The summed E-state index contributed by atoms with van der Waals surface area (Å²) in [5.41, 5.74) is 9.49. The van der Waals surface area contributed by atoms with Crippen molar-refractivity contribution in [2.24, 2.45) is 11.7 Å². The standard InChI is InChI=1S/C24H30N2O4.ClH/c1-15(2)13-26-14-17-10-20(27)21(30-24(3,4)23(28)29)11-18(17)22(19(26)12-25)16-8-6-5-7-9-16;/h5-9,11,14-15,21H,10,12-13,25H2,1-4H3,(H,28,29);1H. The molecule has 0 aromatic heterocycles. The molecule has 2 aliphatic rings. The molecule has 1 aliphatic carbocycles. The number of aliphatic carboxylic acids is 1. The van der Waals surface area contributed by atoms with Crippen LogP contribution in [0.3, 0.4) is 0 Å². The molecule has 1 aromatic carbocycles. The minimum absolute atomic E-state index is 0. The molecule has 0 bridgehead atoms. The van der Waals surface area contributed by atoms with E-state index < -0.39 is 17.7 Å². The van der Waals surface area contributed by atoms with Crippen LogP contribution in [-0.4, -0.2) is 46.6 Å². The predicted molar refractivity (Wildman–Crippen MR) is 124 cm³/mol. The Labute approximate surface area is 189 Å². The van der Waals surface area contributed by atoms with Gasteiger partial charge in [-0.2, -0.15) is 0 Å². The number of carboxylic acids is 1. The molecule has 0 fully saturated rings. The van der Waals surface area contributed by atoms with Crippen LogP contribution in [0.5, 0.6) is 0 Å². The minimum Gasteiger partial charge on any atom is -0.479 e. The number of allylic oxidation sites excluding steroid dienone is 3. The number of hydrogen-bond donors (Lipinski definition) is 2. The lowest BCUT2D eigenvalue weighted by Gasteiger charge is -2.37. The van der Waals surface area contributed by atoms with Crippen molar-refractivity contribution in [2.75, 3.05) is 13.1 Å². The van der Waals surface area contributed by atoms with E-state index in [1.54, 1.807) is 6.08 Å². The number of ether oxygens (including phenoxy) is 1. The Morgan fingerprint density at radius 1 is 1.29 bits per heavy atom. The third kappa shape index (κ3) is 5.26. The summed E-state index contributed by atoms with van der Waals surface area (Å²) in [6, 6.07) is 9.94. The van der Waals surface area contributed by atoms with Crippen LogP contribution in [-0.2, 0) is 14.3 Å². The quantitative estimate of drug-likeness (QED) is 0.662. The fraction of sp³-hybridized carbons (Fsp3) is 0.417. The summed E-state index contributed by atoms with van der Waals surface area (Å²) in [4.78, 5) is 26.5. The van der Waals surface area contributed by atoms with Crippen molar-refractivity contribution in [1.82, 2.24) is 4.90 Å². The number of carboxylic acid groups (broad SMARTS) is 1. The molecule has 0 saturated heterocycles. The zero-order chi connectivity index (χ0) is 22.1. The average molecular weight is 447 g/mol. The van der Waals surface area contributed by atoms with Gasteiger partial charge in [-0.1, -0.05) is 44.2 Å². The molecule has 1 atom stereocenters. The molecule has 1 unspecified atom stereocenters. The van der Waals surface area contributed by atoms with Crippen LogP contribution < -0.4 is 5.73 Å². The second-order valence-electron chi connectivity index (χ2n) is 8.67. The minimum atomic E-state index is -1.47. The normalized spacial score (nSPS) is 19.0. The first kappa shape index (κ1) is 24.9. The highest BCUT2D eigenvalue weighted by molar-refractivity contribution is 5.97. The van der Waals surface area contributed by atoms with E-state index in [0.29, 0.717) is 12.5 Å². The van der Waals surface area contributed by atoms with Crippen LogP contribution in [0.15, 0.2) is 59.5 Å². The van der Waals surface area contributed by atoms with E-state index in [4.69, 9.17) is 10.5 Å². The molecule has 0 spiro atoms. The van der Waals surface area contributed by atoms with Gasteiger partial charge in [-0.15, -0.1) is 12.4 Å². The van der Waals surface area contributed by atoms with Crippen LogP contribution in [0.4, 0.5) is 0 Å². The van der Waals surface area contributed by atoms with Gasteiger partial charge in [-0.3, -0.25) is 4.79 Å². The Hall–Kier alpha value is -2.41. The number of fused-ring (bicyclic) bond motifs is 1. The summed E-state index contributed by atoms with van der Waals surface area (Å²) < 4.78 is 5.73. The van der Waals surface area contributed by atoms with Crippen molar-refractivity contribution in [2.45, 2.75) is 45.8 Å². The first-order valence-electron chi connectivity index (χ1n) is 10.3. The maximum absolute atomic E-state index is 12.8. The molecule has 6 nitrogen and oxygen atoms in total. The number of hydrogen-bond acceptors (Lipinski definition) is 5. The average Bonchev–Trinajstić information content (AvgIpc) is 2.68. The van der Waals surface area contributed by atoms with E-state index in [9.17, 15) is 14.7 Å². The number of nitrogens with two attached hydrogens (primary N) is 1. The summed E-state index contributed by atoms with van der Waals surface area (Å²) in [5, 5.41) is 9.42. The van der Waals surface area contributed by atoms with Crippen LogP contribution in [0.1, 0.15) is 39.7 Å². The van der Waals surface area contributed by atoms with Gasteiger partial charge in [-0.25, -0.2) is 4.79 Å². The zero-order valence-corrected chi connectivity index (χ0v) is 19.2. The van der Waals surface area contributed by atoms with Gasteiger partial charge in [0.15, 0.2) is 11.4 Å². The maximum atomic E-state index is 12.8. The van der Waals surface area contributed by atoms with Crippen LogP contribution in [0.2, 0.25) is 0 Å². The van der Waals surface area contributed by atoms with Gasteiger partial charge in [-0.05, 0) is 42.6 Å². The zero-order valence-electron chi connectivity index (χ0n) is 18.4. The molecule has 3 rings (SSSR count). The lowest BCUT2D eigenvalue weighted by molar-refractivity contribution is -0.167. The molecule has 1 aliphatic heterocycles. The van der Waals surface area contributed by atoms with Crippen LogP contribution in [0.25, 0.3) is 5.57 Å². The third-order valence-electron chi connectivity index (χ3n) is 5.32. The first-order chi connectivity index (χ1) is 14.1. The van der Waals surface area contributed by atoms with Crippen molar-refractivity contribution in [3.63, 3.8) is 0 Å². The molecule has 1 heterocycles. The van der Waals surface area contributed by atoms with E-state index in [2.05, 4.69) is 18.7 Å². The van der Waals surface area contributed by atoms with E-state index in [-0.39, 0.29) is 24.6 Å². The lowest BCUT2D eigenvalue weighted by Crippen LogP contribution is -2.42.